The second-order valence-corrected chi connectivity index (χ2v) is 5.56. The number of para-hydroxylation sites is 2. The number of ether oxygens (including phenoxy) is 2. The fourth-order valence-electron chi connectivity index (χ4n) is 1.86. The van der Waals surface area contributed by atoms with Crippen LogP contribution in [0.25, 0.3) is 0 Å². The van der Waals surface area contributed by atoms with Gasteiger partial charge in [-0.1, -0.05) is 12.1 Å². The van der Waals surface area contributed by atoms with Gasteiger partial charge in [-0.25, -0.2) is 0 Å². The number of benzene rings is 2. The number of hydrogen-bond donors (Lipinski definition) is 1. The molecular weight excluding hydrogens is 250 g/mol. The van der Waals surface area contributed by atoms with Crippen LogP contribution in [0, 0.1) is 0 Å². The van der Waals surface area contributed by atoms with Gasteiger partial charge < -0.3 is 14.8 Å². The summed E-state index contributed by atoms with van der Waals surface area (Å²) < 4.78 is 11.1. The van der Waals surface area contributed by atoms with Crippen LogP contribution in [-0.2, 0) is 0 Å². The Morgan fingerprint density at radius 1 is 0.900 bits per heavy atom. The Morgan fingerprint density at radius 2 is 1.55 bits per heavy atom. The van der Waals surface area contributed by atoms with Crippen LogP contribution in [0.4, 0.5) is 11.4 Å². The van der Waals surface area contributed by atoms with Crippen LogP contribution in [-0.4, -0.2) is 12.7 Å². The first-order valence-corrected chi connectivity index (χ1v) is 6.67. The summed E-state index contributed by atoms with van der Waals surface area (Å²) in [6.07, 6.45) is 0. The molecule has 20 heavy (non-hydrogen) atoms. The maximum Gasteiger partial charge on any atom is 0.142 e. The molecule has 0 amide bonds. The Morgan fingerprint density at radius 3 is 2.15 bits per heavy atom. The number of hydrogen-bond acceptors (Lipinski definition) is 3. The molecule has 106 valence electrons. The Hall–Kier alpha value is -2.16. The van der Waals surface area contributed by atoms with Crippen molar-refractivity contribution >= 4 is 11.4 Å². The van der Waals surface area contributed by atoms with Gasteiger partial charge in [0.25, 0.3) is 0 Å². The van der Waals surface area contributed by atoms with Crippen molar-refractivity contribution in [1.29, 1.82) is 0 Å². The molecule has 0 aliphatic rings. The average molecular weight is 271 g/mol. The monoisotopic (exact) mass is 271 g/mol. The number of rotatable bonds is 4. The van der Waals surface area contributed by atoms with E-state index in [-0.39, 0.29) is 5.60 Å². The maximum absolute atomic E-state index is 5.80. The number of methoxy groups -OCH3 is 1. The van der Waals surface area contributed by atoms with Crippen LogP contribution in [0.3, 0.4) is 0 Å². The van der Waals surface area contributed by atoms with Gasteiger partial charge in [0.1, 0.15) is 17.1 Å². The molecule has 3 heteroatoms. The van der Waals surface area contributed by atoms with Crippen molar-refractivity contribution in [2.75, 3.05) is 12.4 Å². The molecule has 2 rings (SSSR count). The molecule has 0 fully saturated rings. The lowest BCUT2D eigenvalue weighted by Crippen LogP contribution is -2.22. The smallest absolute Gasteiger partial charge is 0.142 e. The van der Waals surface area contributed by atoms with Gasteiger partial charge in [-0.2, -0.15) is 0 Å². The van der Waals surface area contributed by atoms with E-state index in [4.69, 9.17) is 9.47 Å². The predicted molar refractivity (Wildman–Crippen MR) is 83.1 cm³/mol. The molecule has 2 aromatic rings. The standard InChI is InChI=1S/C17H21NO2/c1-17(2,3)20-14-11-9-13(10-12-14)18-15-7-5-6-8-16(15)19-4/h5-12,18H,1-4H3. The Kier molecular flexibility index (Phi) is 4.18. The zero-order chi connectivity index (χ0) is 14.6. The highest BCUT2D eigenvalue weighted by atomic mass is 16.5. The van der Waals surface area contributed by atoms with Gasteiger partial charge in [-0.15, -0.1) is 0 Å². The van der Waals surface area contributed by atoms with Crippen molar-refractivity contribution in [3.8, 4) is 11.5 Å². The molecule has 0 radical (unpaired) electrons. The van der Waals surface area contributed by atoms with Crippen molar-refractivity contribution in [2.45, 2.75) is 26.4 Å². The van der Waals surface area contributed by atoms with Gasteiger partial charge in [0.2, 0.25) is 0 Å². The van der Waals surface area contributed by atoms with Crippen molar-refractivity contribution in [3.63, 3.8) is 0 Å². The summed E-state index contributed by atoms with van der Waals surface area (Å²) in [4.78, 5) is 0. The van der Waals surface area contributed by atoms with Crippen LogP contribution < -0.4 is 14.8 Å². The van der Waals surface area contributed by atoms with Gasteiger partial charge in [0.15, 0.2) is 0 Å². The molecular formula is C17H21NO2. The SMILES string of the molecule is COc1ccccc1Nc1ccc(OC(C)(C)C)cc1. The summed E-state index contributed by atoms with van der Waals surface area (Å²) in [5, 5.41) is 3.33. The first-order valence-electron chi connectivity index (χ1n) is 6.67. The van der Waals surface area contributed by atoms with Crippen LogP contribution in [0.5, 0.6) is 11.5 Å². The summed E-state index contributed by atoms with van der Waals surface area (Å²) in [7, 11) is 1.67. The van der Waals surface area contributed by atoms with Gasteiger partial charge in [-0.05, 0) is 57.2 Å². The fourth-order valence-corrected chi connectivity index (χ4v) is 1.86. The molecule has 1 N–H and O–H groups in total. The minimum absolute atomic E-state index is 0.183. The highest BCUT2D eigenvalue weighted by molar-refractivity contribution is 5.66. The normalized spacial score (nSPS) is 11.0. The quantitative estimate of drug-likeness (QED) is 0.880. The van der Waals surface area contributed by atoms with Gasteiger partial charge >= 0.3 is 0 Å². The second-order valence-electron chi connectivity index (χ2n) is 5.56. The van der Waals surface area contributed by atoms with Crippen molar-refractivity contribution in [3.05, 3.63) is 48.5 Å². The lowest BCUT2D eigenvalue weighted by molar-refractivity contribution is 0.131. The molecule has 0 atom stereocenters. The van der Waals surface area contributed by atoms with E-state index in [1.807, 2.05) is 69.3 Å². The topological polar surface area (TPSA) is 30.5 Å². The molecule has 0 saturated heterocycles. The number of nitrogens with one attached hydrogen (secondary N) is 1. The van der Waals surface area contributed by atoms with Crippen LogP contribution in [0.15, 0.2) is 48.5 Å². The van der Waals surface area contributed by atoms with Crippen LogP contribution in [0.2, 0.25) is 0 Å². The Bertz CT molecular complexity index is 556. The third-order valence-electron chi connectivity index (χ3n) is 2.66. The minimum atomic E-state index is -0.183. The molecule has 0 spiro atoms. The van der Waals surface area contributed by atoms with Gasteiger partial charge in [-0.3, -0.25) is 0 Å². The molecule has 2 aromatic carbocycles. The summed E-state index contributed by atoms with van der Waals surface area (Å²) in [5.41, 5.74) is 1.76. The predicted octanol–water partition coefficient (Wildman–Crippen LogP) is 4.62. The van der Waals surface area contributed by atoms with Crippen molar-refractivity contribution < 1.29 is 9.47 Å². The van der Waals surface area contributed by atoms with E-state index in [1.54, 1.807) is 7.11 Å². The summed E-state index contributed by atoms with van der Waals surface area (Å²) >= 11 is 0. The van der Waals surface area contributed by atoms with Crippen LogP contribution >= 0.6 is 0 Å². The fraction of sp³-hybridized carbons (Fsp3) is 0.294. The zero-order valence-electron chi connectivity index (χ0n) is 12.4. The largest absolute Gasteiger partial charge is 0.495 e. The maximum atomic E-state index is 5.80. The van der Waals surface area contributed by atoms with Gasteiger partial charge in [0, 0.05) is 5.69 Å². The molecule has 0 saturated carbocycles. The van der Waals surface area contributed by atoms with Gasteiger partial charge in [0.05, 0.1) is 12.8 Å². The van der Waals surface area contributed by atoms with E-state index in [0.29, 0.717) is 0 Å². The van der Waals surface area contributed by atoms with Crippen molar-refractivity contribution in [1.82, 2.24) is 0 Å². The van der Waals surface area contributed by atoms with E-state index in [0.717, 1.165) is 22.9 Å². The van der Waals surface area contributed by atoms with E-state index >= 15 is 0 Å². The first kappa shape index (κ1) is 14.3. The molecule has 0 aromatic heterocycles. The van der Waals surface area contributed by atoms with Crippen LogP contribution in [0.1, 0.15) is 20.8 Å². The van der Waals surface area contributed by atoms with E-state index < -0.39 is 0 Å². The lowest BCUT2D eigenvalue weighted by atomic mass is 10.2. The van der Waals surface area contributed by atoms with Crippen molar-refractivity contribution in [2.24, 2.45) is 0 Å². The minimum Gasteiger partial charge on any atom is -0.495 e. The summed E-state index contributed by atoms with van der Waals surface area (Å²) in [5.74, 6) is 1.69. The highest BCUT2D eigenvalue weighted by Crippen LogP contribution is 2.28. The van der Waals surface area contributed by atoms with E-state index in [2.05, 4.69) is 5.32 Å². The summed E-state index contributed by atoms with van der Waals surface area (Å²) in [6, 6.07) is 15.7. The Labute approximate surface area is 120 Å². The lowest BCUT2D eigenvalue weighted by Gasteiger charge is -2.21. The molecule has 0 bridgehead atoms. The summed E-state index contributed by atoms with van der Waals surface area (Å²) in [6.45, 7) is 6.11. The molecule has 3 nitrogen and oxygen atoms in total. The second kappa shape index (κ2) is 5.87. The van der Waals surface area contributed by atoms with E-state index in [9.17, 15) is 0 Å². The molecule has 0 heterocycles. The average Bonchev–Trinajstić information content (AvgIpc) is 2.40. The first-order chi connectivity index (χ1) is 9.48. The Balaban J connectivity index is 2.11. The molecule has 0 aliphatic carbocycles. The third-order valence-corrected chi connectivity index (χ3v) is 2.66. The third kappa shape index (κ3) is 3.92. The van der Waals surface area contributed by atoms with E-state index in [1.165, 1.54) is 0 Å². The highest BCUT2D eigenvalue weighted by Gasteiger charge is 2.11. The zero-order valence-corrected chi connectivity index (χ0v) is 12.4. The molecule has 0 unspecified atom stereocenters. The number of anilines is 2. The molecule has 0 aliphatic heterocycles.